The van der Waals surface area contributed by atoms with Crippen LogP contribution >= 0.6 is 0 Å². The number of aryl methyl sites for hydroxylation is 2. The Morgan fingerprint density at radius 1 is 1.24 bits per heavy atom. The molecule has 192 valence electrons. The van der Waals surface area contributed by atoms with Crippen molar-refractivity contribution >= 4 is 17.7 Å². The van der Waals surface area contributed by atoms with Gasteiger partial charge in [-0.3, -0.25) is 9.89 Å². The lowest BCUT2D eigenvalue weighted by Gasteiger charge is -2.26. The summed E-state index contributed by atoms with van der Waals surface area (Å²) in [4.78, 5) is 27.0. The third-order valence-corrected chi connectivity index (χ3v) is 6.93. The fourth-order valence-electron chi connectivity index (χ4n) is 4.82. The Kier molecular flexibility index (Phi) is 6.45. The van der Waals surface area contributed by atoms with Gasteiger partial charge in [0, 0.05) is 40.7 Å². The van der Waals surface area contributed by atoms with E-state index in [2.05, 4.69) is 35.9 Å². The van der Waals surface area contributed by atoms with Crippen molar-refractivity contribution < 1.29 is 9.18 Å². The Hall–Kier alpha value is -4.15. The number of carbonyl (C=O) groups excluding carboxylic acids is 1. The lowest BCUT2D eigenvalue weighted by Crippen LogP contribution is -2.38. The number of amides is 1. The normalized spacial score (nSPS) is 20.1. The average molecular weight is 504 g/mol. The van der Waals surface area contributed by atoms with E-state index in [1.165, 1.54) is 10.9 Å². The van der Waals surface area contributed by atoms with E-state index >= 15 is 0 Å². The molecule has 1 unspecified atom stereocenters. The van der Waals surface area contributed by atoms with Gasteiger partial charge in [0.25, 0.3) is 0 Å². The molecular weight excluding hydrogens is 473 g/mol. The standard InChI is InChI=1S/C26H30FN9O/c1-15-9-21(32-25(30-15)33-22-10-16(2)34-35-22)18-7-8-26(4,11-18)24(37)31-17(3)19-5-6-23(28-12-19)36-14-20(27)13-29-36/h5-6,9-10,12-14,17-18H,7-8,11H2,1-4H3,(H,31,37)(H2,30,32,33,34,35)/t17-,18?,26-/m0/s1. The quantitative estimate of drug-likeness (QED) is 0.340. The molecule has 1 saturated carbocycles. The van der Waals surface area contributed by atoms with Crippen molar-refractivity contribution in [1.82, 2.24) is 40.2 Å². The number of halogens is 1. The van der Waals surface area contributed by atoms with Gasteiger partial charge < -0.3 is 10.6 Å². The summed E-state index contributed by atoms with van der Waals surface area (Å²) < 4.78 is 14.6. The van der Waals surface area contributed by atoms with Gasteiger partial charge in [-0.1, -0.05) is 13.0 Å². The van der Waals surface area contributed by atoms with Crippen LogP contribution in [0, 0.1) is 25.1 Å². The summed E-state index contributed by atoms with van der Waals surface area (Å²) in [7, 11) is 0. The number of carbonyl (C=O) groups is 1. The van der Waals surface area contributed by atoms with E-state index in [1.54, 1.807) is 12.3 Å². The molecule has 10 nitrogen and oxygen atoms in total. The number of pyridine rings is 1. The van der Waals surface area contributed by atoms with Gasteiger partial charge in [0.2, 0.25) is 11.9 Å². The largest absolute Gasteiger partial charge is 0.349 e. The zero-order valence-electron chi connectivity index (χ0n) is 21.3. The lowest BCUT2D eigenvalue weighted by molar-refractivity contribution is -0.130. The number of H-pyrrole nitrogens is 1. The molecule has 0 bridgehead atoms. The second kappa shape index (κ2) is 9.72. The summed E-state index contributed by atoms with van der Waals surface area (Å²) in [6.07, 6.45) is 6.41. The molecule has 0 aliphatic heterocycles. The van der Waals surface area contributed by atoms with Crippen molar-refractivity contribution in [3.63, 3.8) is 0 Å². The molecule has 4 heterocycles. The van der Waals surface area contributed by atoms with Gasteiger partial charge in [0.15, 0.2) is 17.5 Å². The number of aromatic amines is 1. The molecule has 37 heavy (non-hydrogen) atoms. The van der Waals surface area contributed by atoms with Gasteiger partial charge in [0.1, 0.15) is 0 Å². The highest BCUT2D eigenvalue weighted by Gasteiger charge is 2.42. The molecule has 3 N–H and O–H groups in total. The molecule has 0 radical (unpaired) electrons. The predicted molar refractivity (Wildman–Crippen MR) is 136 cm³/mol. The van der Waals surface area contributed by atoms with Gasteiger partial charge in [-0.15, -0.1) is 0 Å². The molecule has 1 aliphatic carbocycles. The Balaban J connectivity index is 1.23. The first-order valence-electron chi connectivity index (χ1n) is 12.3. The fourth-order valence-corrected chi connectivity index (χ4v) is 4.82. The molecule has 4 aromatic rings. The van der Waals surface area contributed by atoms with E-state index < -0.39 is 11.2 Å². The Morgan fingerprint density at radius 3 is 2.76 bits per heavy atom. The number of hydrogen-bond acceptors (Lipinski definition) is 7. The molecule has 0 saturated heterocycles. The van der Waals surface area contributed by atoms with Crippen LogP contribution in [0.15, 0.2) is 42.9 Å². The van der Waals surface area contributed by atoms with Crippen molar-refractivity contribution in [3.05, 3.63) is 71.3 Å². The monoisotopic (exact) mass is 503 g/mol. The van der Waals surface area contributed by atoms with Gasteiger partial charge in [0.05, 0.1) is 18.4 Å². The smallest absolute Gasteiger partial charge is 0.228 e. The molecule has 3 atom stereocenters. The summed E-state index contributed by atoms with van der Waals surface area (Å²) in [5, 5.41) is 17.3. The lowest BCUT2D eigenvalue weighted by atomic mass is 9.85. The van der Waals surface area contributed by atoms with Crippen LogP contribution in [0.3, 0.4) is 0 Å². The second-order valence-electron chi connectivity index (χ2n) is 10.1. The molecule has 1 amide bonds. The summed E-state index contributed by atoms with van der Waals surface area (Å²) in [6, 6.07) is 7.28. The van der Waals surface area contributed by atoms with Crippen LogP contribution < -0.4 is 10.6 Å². The van der Waals surface area contributed by atoms with Crippen LogP contribution in [0.4, 0.5) is 16.2 Å². The first-order valence-corrected chi connectivity index (χ1v) is 12.3. The highest BCUT2D eigenvalue weighted by Crippen LogP contribution is 2.46. The van der Waals surface area contributed by atoms with Crippen molar-refractivity contribution in [2.45, 2.75) is 58.9 Å². The Bertz CT molecular complexity index is 1410. The third kappa shape index (κ3) is 5.35. The topological polar surface area (TPSA) is 126 Å². The number of rotatable bonds is 7. The molecule has 11 heteroatoms. The highest BCUT2D eigenvalue weighted by molar-refractivity contribution is 5.83. The summed E-state index contributed by atoms with van der Waals surface area (Å²) in [5.41, 5.74) is 3.09. The van der Waals surface area contributed by atoms with Crippen molar-refractivity contribution in [3.8, 4) is 5.82 Å². The number of nitrogens with zero attached hydrogens (tertiary/aromatic N) is 6. The van der Waals surface area contributed by atoms with Crippen LogP contribution in [-0.4, -0.2) is 40.8 Å². The summed E-state index contributed by atoms with van der Waals surface area (Å²) in [6.45, 7) is 7.82. The van der Waals surface area contributed by atoms with Crippen LogP contribution in [0.5, 0.6) is 0 Å². The van der Waals surface area contributed by atoms with Gasteiger partial charge >= 0.3 is 0 Å². The molecule has 0 spiro atoms. The SMILES string of the molecule is Cc1cc(C2CC[C@](C)(C(=O)N[C@@H](C)c3ccc(-n4cc(F)cn4)nc3)C2)nc(Nc2cc(C)[nH]n2)n1. The maximum Gasteiger partial charge on any atom is 0.228 e. The van der Waals surface area contributed by atoms with E-state index in [0.717, 1.165) is 41.7 Å². The minimum Gasteiger partial charge on any atom is -0.349 e. The highest BCUT2D eigenvalue weighted by atomic mass is 19.1. The van der Waals surface area contributed by atoms with Crippen LogP contribution in [0.2, 0.25) is 0 Å². The maximum atomic E-state index is 13.4. The van der Waals surface area contributed by atoms with E-state index in [1.807, 2.05) is 45.9 Å². The second-order valence-corrected chi connectivity index (χ2v) is 10.1. The van der Waals surface area contributed by atoms with Crippen LogP contribution in [0.25, 0.3) is 5.82 Å². The van der Waals surface area contributed by atoms with Crippen molar-refractivity contribution in [2.75, 3.05) is 5.32 Å². The number of anilines is 2. The minimum absolute atomic E-state index is 0.0110. The Labute approximate surface area is 214 Å². The fraction of sp³-hybridized carbons (Fsp3) is 0.385. The molecule has 1 aliphatic rings. The minimum atomic E-state index is -0.509. The van der Waals surface area contributed by atoms with E-state index in [9.17, 15) is 9.18 Å². The van der Waals surface area contributed by atoms with Crippen LogP contribution in [-0.2, 0) is 4.79 Å². The van der Waals surface area contributed by atoms with E-state index in [0.29, 0.717) is 24.0 Å². The first-order chi connectivity index (χ1) is 17.7. The number of hydrogen-bond donors (Lipinski definition) is 3. The number of nitrogens with one attached hydrogen (secondary N) is 3. The Morgan fingerprint density at radius 2 is 2.08 bits per heavy atom. The zero-order valence-corrected chi connectivity index (χ0v) is 21.3. The number of aromatic nitrogens is 7. The van der Waals surface area contributed by atoms with E-state index in [-0.39, 0.29) is 17.9 Å². The van der Waals surface area contributed by atoms with Crippen LogP contribution in [0.1, 0.15) is 67.7 Å². The summed E-state index contributed by atoms with van der Waals surface area (Å²) >= 11 is 0. The van der Waals surface area contributed by atoms with Crippen molar-refractivity contribution in [1.29, 1.82) is 0 Å². The van der Waals surface area contributed by atoms with Gasteiger partial charge in [-0.05, 0) is 57.7 Å². The molecule has 1 fully saturated rings. The third-order valence-electron chi connectivity index (χ3n) is 6.93. The van der Waals surface area contributed by atoms with Gasteiger partial charge in [-0.2, -0.15) is 10.2 Å². The molecule has 0 aromatic carbocycles. The molecular formula is C26H30FN9O. The van der Waals surface area contributed by atoms with E-state index in [4.69, 9.17) is 4.98 Å². The maximum absolute atomic E-state index is 13.4. The van der Waals surface area contributed by atoms with Gasteiger partial charge in [-0.25, -0.2) is 24.0 Å². The average Bonchev–Trinajstić information content (AvgIpc) is 3.59. The first kappa shape index (κ1) is 24.5. The molecule has 4 aromatic heterocycles. The molecule has 5 rings (SSSR count). The predicted octanol–water partition coefficient (Wildman–Crippen LogP) is 4.43. The summed E-state index contributed by atoms with van der Waals surface area (Å²) in [5.74, 6) is 1.42. The zero-order chi connectivity index (χ0) is 26.2. The van der Waals surface area contributed by atoms with Crippen molar-refractivity contribution in [2.24, 2.45) is 5.41 Å².